The summed E-state index contributed by atoms with van der Waals surface area (Å²) in [6.45, 7) is 3.05. The molecule has 1 N–H and O–H groups in total. The van der Waals surface area contributed by atoms with Crippen molar-refractivity contribution in [2.75, 3.05) is 18.4 Å². The van der Waals surface area contributed by atoms with Crippen molar-refractivity contribution in [2.45, 2.75) is 24.7 Å². The fourth-order valence-electron chi connectivity index (χ4n) is 2.94. The Kier molecular flexibility index (Phi) is 5.57. The van der Waals surface area contributed by atoms with Crippen LogP contribution >= 0.6 is 0 Å². The van der Waals surface area contributed by atoms with Gasteiger partial charge in [-0.1, -0.05) is 6.92 Å². The number of amides is 1. The number of hydrogen-bond donors (Lipinski definition) is 1. The molecular weight excluding hydrogens is 374 g/mol. The predicted molar refractivity (Wildman–Crippen MR) is 97.9 cm³/mol. The maximum absolute atomic E-state index is 13.6. The van der Waals surface area contributed by atoms with Crippen molar-refractivity contribution < 1.29 is 22.0 Å². The van der Waals surface area contributed by atoms with Crippen molar-refractivity contribution in [3.8, 4) is 0 Å². The van der Waals surface area contributed by atoms with Crippen LogP contribution in [-0.4, -0.2) is 31.7 Å². The standard InChI is InChI=1S/C19H20F2N2O3S/c1-13-8-10-23(11-9-13)27(25,26)16-5-2-14(3-6-16)19(24)22-18-12-15(20)4-7-17(18)21/h2-7,12-13H,8-11H2,1H3,(H,22,24). The van der Waals surface area contributed by atoms with E-state index >= 15 is 0 Å². The molecule has 1 aliphatic heterocycles. The summed E-state index contributed by atoms with van der Waals surface area (Å²) in [6, 6.07) is 8.15. The first-order chi connectivity index (χ1) is 12.8. The number of carbonyl (C=O) groups excluding carboxylic acids is 1. The molecule has 1 amide bonds. The molecule has 0 aromatic heterocycles. The van der Waals surface area contributed by atoms with Crippen LogP contribution in [0.15, 0.2) is 47.4 Å². The van der Waals surface area contributed by atoms with Gasteiger partial charge in [0.1, 0.15) is 11.6 Å². The zero-order chi connectivity index (χ0) is 19.6. The molecule has 8 heteroatoms. The summed E-state index contributed by atoms with van der Waals surface area (Å²) in [5, 5.41) is 2.28. The van der Waals surface area contributed by atoms with Crippen LogP contribution in [0.1, 0.15) is 30.1 Å². The second-order valence-corrected chi connectivity index (χ2v) is 8.63. The molecule has 1 fully saturated rings. The monoisotopic (exact) mass is 394 g/mol. The molecule has 0 unspecified atom stereocenters. The molecule has 5 nitrogen and oxygen atoms in total. The van der Waals surface area contributed by atoms with E-state index in [1.165, 1.54) is 28.6 Å². The SMILES string of the molecule is CC1CCN(S(=O)(=O)c2ccc(C(=O)Nc3cc(F)ccc3F)cc2)CC1. The Morgan fingerprint density at radius 2 is 1.70 bits per heavy atom. The number of piperidine rings is 1. The molecule has 2 aromatic carbocycles. The molecule has 1 aliphatic rings. The molecule has 27 heavy (non-hydrogen) atoms. The van der Waals surface area contributed by atoms with Crippen LogP contribution < -0.4 is 5.32 Å². The first kappa shape index (κ1) is 19.4. The second kappa shape index (κ2) is 7.74. The molecular formula is C19H20F2N2O3S. The van der Waals surface area contributed by atoms with Crippen LogP contribution in [0.4, 0.5) is 14.5 Å². The van der Waals surface area contributed by atoms with Gasteiger partial charge in [-0.3, -0.25) is 4.79 Å². The smallest absolute Gasteiger partial charge is 0.255 e. The summed E-state index contributed by atoms with van der Waals surface area (Å²) in [5.74, 6) is -1.59. The van der Waals surface area contributed by atoms with Gasteiger partial charge in [0.05, 0.1) is 10.6 Å². The molecule has 0 atom stereocenters. The molecule has 2 aromatic rings. The maximum atomic E-state index is 13.6. The fourth-order valence-corrected chi connectivity index (χ4v) is 4.41. The molecule has 0 spiro atoms. The predicted octanol–water partition coefficient (Wildman–Crippen LogP) is 3.64. The zero-order valence-corrected chi connectivity index (χ0v) is 15.6. The third-order valence-corrected chi connectivity index (χ3v) is 6.59. The number of hydrogen-bond acceptors (Lipinski definition) is 3. The minimum Gasteiger partial charge on any atom is -0.319 e. The van der Waals surface area contributed by atoms with E-state index in [-0.39, 0.29) is 16.1 Å². The third kappa shape index (κ3) is 4.33. The topological polar surface area (TPSA) is 66.5 Å². The van der Waals surface area contributed by atoms with Gasteiger partial charge in [0.2, 0.25) is 10.0 Å². The minimum absolute atomic E-state index is 0.102. The van der Waals surface area contributed by atoms with Crippen LogP contribution in [0, 0.1) is 17.6 Å². The first-order valence-electron chi connectivity index (χ1n) is 8.64. The van der Waals surface area contributed by atoms with E-state index in [2.05, 4.69) is 12.2 Å². The van der Waals surface area contributed by atoms with Crippen molar-refractivity contribution in [2.24, 2.45) is 5.92 Å². The van der Waals surface area contributed by atoms with E-state index < -0.39 is 27.6 Å². The Balaban J connectivity index is 1.74. The van der Waals surface area contributed by atoms with Gasteiger partial charge >= 0.3 is 0 Å². The van der Waals surface area contributed by atoms with Gasteiger partial charge < -0.3 is 5.32 Å². The van der Waals surface area contributed by atoms with Crippen LogP contribution in [0.3, 0.4) is 0 Å². The number of carbonyl (C=O) groups is 1. The number of sulfonamides is 1. The van der Waals surface area contributed by atoms with E-state index in [1.54, 1.807) is 0 Å². The van der Waals surface area contributed by atoms with Crippen molar-refractivity contribution in [3.63, 3.8) is 0 Å². The Morgan fingerprint density at radius 3 is 2.33 bits per heavy atom. The lowest BCUT2D eigenvalue weighted by Gasteiger charge is -2.29. The fraction of sp³-hybridized carbons (Fsp3) is 0.316. The normalized spacial score (nSPS) is 16.3. The molecule has 0 aliphatic carbocycles. The van der Waals surface area contributed by atoms with Crippen LogP contribution in [0.25, 0.3) is 0 Å². The Morgan fingerprint density at radius 1 is 1.07 bits per heavy atom. The Labute approximate surface area is 157 Å². The summed E-state index contributed by atoms with van der Waals surface area (Å²) in [5.41, 5.74) is -0.135. The van der Waals surface area contributed by atoms with Gasteiger partial charge in [0.15, 0.2) is 0 Å². The lowest BCUT2D eigenvalue weighted by atomic mass is 10.0. The Hall–Kier alpha value is -2.32. The quantitative estimate of drug-likeness (QED) is 0.861. The highest BCUT2D eigenvalue weighted by molar-refractivity contribution is 7.89. The molecule has 3 rings (SSSR count). The summed E-state index contributed by atoms with van der Waals surface area (Å²) in [6.07, 6.45) is 1.64. The largest absolute Gasteiger partial charge is 0.319 e. The van der Waals surface area contributed by atoms with E-state index in [0.717, 1.165) is 31.0 Å². The van der Waals surface area contributed by atoms with Gasteiger partial charge in [-0.25, -0.2) is 17.2 Å². The molecule has 144 valence electrons. The summed E-state index contributed by atoms with van der Waals surface area (Å²) in [7, 11) is -3.61. The van der Waals surface area contributed by atoms with Gasteiger partial charge in [0, 0.05) is 24.7 Å². The van der Waals surface area contributed by atoms with Crippen LogP contribution in [0.5, 0.6) is 0 Å². The second-order valence-electron chi connectivity index (χ2n) is 6.69. The first-order valence-corrected chi connectivity index (χ1v) is 10.1. The number of rotatable bonds is 4. The van der Waals surface area contributed by atoms with E-state index in [0.29, 0.717) is 19.0 Å². The maximum Gasteiger partial charge on any atom is 0.255 e. The van der Waals surface area contributed by atoms with Gasteiger partial charge in [-0.15, -0.1) is 0 Å². The molecule has 1 saturated heterocycles. The highest BCUT2D eigenvalue weighted by atomic mass is 32.2. The van der Waals surface area contributed by atoms with Crippen LogP contribution in [0.2, 0.25) is 0 Å². The zero-order valence-electron chi connectivity index (χ0n) is 14.8. The van der Waals surface area contributed by atoms with Gasteiger partial charge in [-0.05, 0) is 55.2 Å². The summed E-state index contributed by atoms with van der Waals surface area (Å²) < 4.78 is 53.6. The number of anilines is 1. The van der Waals surface area contributed by atoms with E-state index in [1.807, 2.05) is 0 Å². The number of nitrogens with one attached hydrogen (secondary N) is 1. The Bertz CT molecular complexity index is 938. The van der Waals surface area contributed by atoms with Crippen molar-refractivity contribution in [1.29, 1.82) is 0 Å². The number of halogens is 2. The van der Waals surface area contributed by atoms with Crippen molar-refractivity contribution in [3.05, 3.63) is 59.7 Å². The third-order valence-electron chi connectivity index (χ3n) is 4.67. The highest BCUT2D eigenvalue weighted by Crippen LogP contribution is 2.24. The molecule has 0 saturated carbocycles. The van der Waals surface area contributed by atoms with Gasteiger partial charge in [-0.2, -0.15) is 4.31 Å². The number of benzene rings is 2. The average molecular weight is 394 g/mol. The van der Waals surface area contributed by atoms with Crippen molar-refractivity contribution >= 4 is 21.6 Å². The lowest BCUT2D eigenvalue weighted by Crippen LogP contribution is -2.37. The molecule has 1 heterocycles. The van der Waals surface area contributed by atoms with E-state index in [4.69, 9.17) is 0 Å². The van der Waals surface area contributed by atoms with Gasteiger partial charge in [0.25, 0.3) is 5.91 Å². The average Bonchev–Trinajstić information content (AvgIpc) is 2.65. The van der Waals surface area contributed by atoms with Crippen molar-refractivity contribution in [1.82, 2.24) is 4.31 Å². The molecule has 0 radical (unpaired) electrons. The molecule has 0 bridgehead atoms. The lowest BCUT2D eigenvalue weighted by molar-refractivity contribution is 0.102. The summed E-state index contributed by atoms with van der Waals surface area (Å²) >= 11 is 0. The number of nitrogens with zero attached hydrogens (tertiary/aromatic N) is 1. The van der Waals surface area contributed by atoms with E-state index in [9.17, 15) is 22.0 Å². The summed E-state index contributed by atoms with van der Waals surface area (Å²) in [4.78, 5) is 12.3. The van der Waals surface area contributed by atoms with Crippen LogP contribution in [-0.2, 0) is 10.0 Å². The minimum atomic E-state index is -3.61. The highest BCUT2D eigenvalue weighted by Gasteiger charge is 2.28.